The maximum atomic E-state index is 15.9. The Morgan fingerprint density at radius 1 is 0.886 bits per heavy atom. The number of alkyl halides is 3. The molecule has 2 aromatic heterocycles. The highest BCUT2D eigenvalue weighted by molar-refractivity contribution is 7.13. The van der Waals surface area contributed by atoms with Crippen molar-refractivity contribution in [1.29, 1.82) is 0 Å². The fourth-order valence-electron chi connectivity index (χ4n) is 9.93. The number of halogens is 4. The van der Waals surface area contributed by atoms with Gasteiger partial charge in [-0.05, 0) is 74.5 Å². The summed E-state index contributed by atoms with van der Waals surface area (Å²) < 4.78 is 69.0. The van der Waals surface area contributed by atoms with E-state index in [0.29, 0.717) is 43.0 Å². The van der Waals surface area contributed by atoms with Gasteiger partial charge in [-0.3, -0.25) is 33.7 Å². The van der Waals surface area contributed by atoms with E-state index < -0.39 is 58.1 Å². The lowest BCUT2D eigenvalue weighted by molar-refractivity contribution is -0.146. The number of ketones is 2. The first-order valence-corrected chi connectivity index (χ1v) is 27.3. The molecule has 0 saturated carbocycles. The molecule has 2 saturated heterocycles. The number of amides is 3. The highest BCUT2D eigenvalue weighted by Gasteiger charge is 2.44. The number of H-pyrrole nitrogens is 1. The molecule has 7 rings (SSSR count). The Labute approximate surface area is 460 Å². The first kappa shape index (κ1) is 60.0. The minimum absolute atomic E-state index is 0.0180. The van der Waals surface area contributed by atoms with Crippen LogP contribution in [0.2, 0.25) is 0 Å². The Morgan fingerprint density at radius 3 is 2.22 bits per heavy atom. The Morgan fingerprint density at radius 2 is 1.57 bits per heavy atom. The molecule has 4 N–H and O–H groups in total. The number of thiazole rings is 1. The second kappa shape index (κ2) is 26.1. The van der Waals surface area contributed by atoms with Gasteiger partial charge in [-0.25, -0.2) is 9.37 Å². The van der Waals surface area contributed by atoms with Gasteiger partial charge in [-0.1, -0.05) is 63.2 Å². The van der Waals surface area contributed by atoms with Crippen LogP contribution in [-0.2, 0) is 36.6 Å². The molecule has 3 aromatic carbocycles. The van der Waals surface area contributed by atoms with E-state index >= 15 is 4.39 Å². The van der Waals surface area contributed by atoms with Gasteiger partial charge in [0, 0.05) is 99.9 Å². The molecule has 2 aliphatic heterocycles. The molecule has 3 amide bonds. The zero-order chi connectivity index (χ0) is 57.3. The molecule has 0 bridgehead atoms. The van der Waals surface area contributed by atoms with Crippen molar-refractivity contribution in [3.05, 3.63) is 123 Å². The lowest BCUT2D eigenvalue weighted by atomic mass is 9.76. The molecule has 2 aliphatic rings. The number of aliphatic hydroxyl groups excluding tert-OH is 1. The van der Waals surface area contributed by atoms with Crippen LogP contribution in [-0.4, -0.2) is 132 Å². The molecular weight excluding hydrogens is 1050 g/mol. The van der Waals surface area contributed by atoms with Crippen molar-refractivity contribution >= 4 is 52.0 Å². The summed E-state index contributed by atoms with van der Waals surface area (Å²) in [6, 6.07) is 16.2. The fraction of sp³-hybridized carbons (Fsp3) is 0.466. The summed E-state index contributed by atoms with van der Waals surface area (Å²) in [6.45, 7) is 13.5. The number of benzene rings is 3. The maximum absolute atomic E-state index is 15.9. The van der Waals surface area contributed by atoms with Crippen molar-refractivity contribution in [3.63, 3.8) is 0 Å². The van der Waals surface area contributed by atoms with Crippen LogP contribution in [0.15, 0.2) is 83.2 Å². The maximum Gasteiger partial charge on any atom is 0.417 e. The van der Waals surface area contributed by atoms with Crippen molar-refractivity contribution in [3.8, 4) is 21.6 Å². The van der Waals surface area contributed by atoms with Gasteiger partial charge in [0.15, 0.2) is 5.78 Å². The zero-order valence-electron chi connectivity index (χ0n) is 45.5. The molecule has 5 atom stereocenters. The number of ether oxygens (including phenoxy) is 2. The monoisotopic (exact) mass is 1120 g/mol. The normalized spacial score (nSPS) is 18.4. The second-order valence-corrected chi connectivity index (χ2v) is 22.4. The van der Waals surface area contributed by atoms with Crippen LogP contribution >= 0.6 is 11.3 Å². The number of pyridine rings is 1. The van der Waals surface area contributed by atoms with E-state index in [1.165, 1.54) is 23.1 Å². The highest BCUT2D eigenvalue weighted by Crippen LogP contribution is 2.38. The van der Waals surface area contributed by atoms with E-state index in [4.69, 9.17) is 9.47 Å². The van der Waals surface area contributed by atoms with Crippen molar-refractivity contribution in [2.75, 3.05) is 63.3 Å². The van der Waals surface area contributed by atoms with Gasteiger partial charge in [-0.2, -0.15) is 13.2 Å². The van der Waals surface area contributed by atoms with Crippen LogP contribution in [0.1, 0.15) is 104 Å². The smallest absolute Gasteiger partial charge is 0.391 e. The quantitative estimate of drug-likeness (QED) is 0.0292. The molecule has 0 unspecified atom stereocenters. The number of anilines is 2. The third kappa shape index (κ3) is 15.4. The molecule has 16 nitrogen and oxygen atoms in total. The van der Waals surface area contributed by atoms with E-state index in [0.717, 1.165) is 27.8 Å². The number of aliphatic hydroxyl groups is 1. The van der Waals surface area contributed by atoms with Crippen LogP contribution in [0.3, 0.4) is 0 Å². The largest absolute Gasteiger partial charge is 0.417 e. The summed E-state index contributed by atoms with van der Waals surface area (Å²) in [7, 11) is 1.99. The van der Waals surface area contributed by atoms with Crippen LogP contribution in [0.5, 0.6) is 0 Å². The standard InChI is InChI=1S/C58H69F4N7O9S/c1-34-30-68(31-35(2)67(34)7)49-17-15-39(24-48(49)66-54(74)44-29-63-52(73)27-45(44)58(60,61)62)43-16-14-40(23-47(43)59)51(72)9-8-19-77-21-22-78-20-18-41(70)25-46(57(4,5)6)56(76)69-32-42(71)26-50(69)55(75)64-28-37-10-12-38(13-11-37)53-36(3)65-33-79-53/h10-17,23-24,27,29,33-35,42,46,50,71H,8-9,18-22,25-26,28,30-32H2,1-7H3,(H,63,73)(H,64,75)(H,66,74)/t34-,35+,42-,46-,50+/m1/s1. The Hall–Kier alpha value is -6.65. The second-order valence-electron chi connectivity index (χ2n) is 21.5. The van der Waals surface area contributed by atoms with Crippen molar-refractivity contribution in [1.82, 2.24) is 25.1 Å². The van der Waals surface area contributed by atoms with Crippen LogP contribution in [0, 0.1) is 24.1 Å². The number of nitrogens with zero attached hydrogens (tertiary/aromatic N) is 4. The van der Waals surface area contributed by atoms with Gasteiger partial charge in [-0.15, -0.1) is 11.3 Å². The zero-order valence-corrected chi connectivity index (χ0v) is 46.3. The molecule has 21 heteroatoms. The number of nitrogens with one attached hydrogen (secondary N) is 3. The number of hydrogen-bond acceptors (Lipinski definition) is 13. The van der Waals surface area contributed by atoms with Crippen molar-refractivity contribution in [2.45, 2.75) is 111 Å². The van der Waals surface area contributed by atoms with Gasteiger partial charge < -0.3 is 40.0 Å². The number of carbonyl (C=O) groups is 5. The summed E-state index contributed by atoms with van der Waals surface area (Å²) in [5.74, 6) is -3.89. The minimum atomic E-state index is -5.00. The number of Topliss-reactive ketones (excluding diaryl/α,β-unsaturated/α-hetero) is 2. The predicted octanol–water partition coefficient (Wildman–Crippen LogP) is 8.70. The summed E-state index contributed by atoms with van der Waals surface area (Å²) in [5.41, 5.74) is 1.90. The van der Waals surface area contributed by atoms with Crippen LogP contribution in [0.25, 0.3) is 21.6 Å². The number of carbonyl (C=O) groups excluding carboxylic acids is 5. The number of aromatic amines is 1. The third-order valence-electron chi connectivity index (χ3n) is 14.7. The van der Waals surface area contributed by atoms with E-state index in [9.17, 15) is 47.0 Å². The van der Waals surface area contributed by atoms with Gasteiger partial charge in [0.2, 0.25) is 17.4 Å². The van der Waals surface area contributed by atoms with Crippen LogP contribution in [0.4, 0.5) is 28.9 Å². The lowest BCUT2D eigenvalue weighted by Crippen LogP contribution is -2.55. The Kier molecular flexibility index (Phi) is 19.8. The fourth-order valence-corrected chi connectivity index (χ4v) is 10.7. The van der Waals surface area contributed by atoms with E-state index in [-0.39, 0.29) is 117 Å². The summed E-state index contributed by atoms with van der Waals surface area (Å²) in [5, 5.41) is 16.1. The molecule has 0 radical (unpaired) electrons. The summed E-state index contributed by atoms with van der Waals surface area (Å²) in [6.07, 6.45) is -4.75. The first-order chi connectivity index (χ1) is 37.4. The van der Waals surface area contributed by atoms with Crippen LogP contribution < -0.4 is 21.1 Å². The molecule has 5 aromatic rings. The number of piperazine rings is 1. The number of hydrogen-bond donors (Lipinski definition) is 4. The van der Waals surface area contributed by atoms with E-state index in [1.54, 1.807) is 29.0 Å². The lowest BCUT2D eigenvalue weighted by Gasteiger charge is -2.44. The summed E-state index contributed by atoms with van der Waals surface area (Å²) >= 11 is 1.55. The van der Waals surface area contributed by atoms with E-state index in [2.05, 4.69) is 25.5 Å². The Balaban J connectivity index is 0.855. The topological polar surface area (TPSA) is 204 Å². The molecule has 0 aliphatic carbocycles. The number of aromatic nitrogens is 2. The number of rotatable bonds is 22. The average molecular weight is 1120 g/mol. The minimum Gasteiger partial charge on any atom is -0.391 e. The van der Waals surface area contributed by atoms with Crippen molar-refractivity contribution < 1.29 is 56.1 Å². The van der Waals surface area contributed by atoms with Gasteiger partial charge in [0.25, 0.3) is 5.91 Å². The first-order valence-electron chi connectivity index (χ1n) is 26.4. The SMILES string of the molecule is Cc1ncsc1-c1ccc(CNC(=O)[C@@H]2C[C@@H](O)CN2C(=O)[C@@H](CC(=O)CCOCCOCCCC(=O)c2ccc(-c3ccc(N4C[C@@H](C)N(C)[C@@H](C)C4)c(NC(=O)c4c[nH]c(=O)cc4C(F)(F)F)c3)c(F)c2)C(C)(C)C)cc1. The highest BCUT2D eigenvalue weighted by atomic mass is 32.1. The third-order valence-corrected chi connectivity index (χ3v) is 15.7. The number of likely N-dealkylation sites (tertiary alicyclic amines) is 1. The van der Waals surface area contributed by atoms with E-state index in [1.807, 2.05) is 77.8 Å². The molecular formula is C58H69F4N7O9S. The molecule has 4 heterocycles. The summed E-state index contributed by atoms with van der Waals surface area (Å²) in [4.78, 5) is 92.4. The number of β-amino-alcohol motifs (C(OH)–C–C–N with tert-alkyl or cyclic N) is 1. The predicted molar refractivity (Wildman–Crippen MR) is 293 cm³/mol. The average Bonchev–Trinajstić information content (AvgIpc) is 4.07. The Bertz CT molecular complexity index is 3040. The van der Waals surface area contributed by atoms with Crippen molar-refractivity contribution in [2.24, 2.45) is 11.3 Å². The molecule has 0 spiro atoms. The van der Waals surface area contributed by atoms with Gasteiger partial charge in [0.1, 0.15) is 17.6 Å². The van der Waals surface area contributed by atoms with Gasteiger partial charge >= 0.3 is 6.18 Å². The molecule has 79 heavy (non-hydrogen) atoms. The molecule has 424 valence electrons. The van der Waals surface area contributed by atoms with Gasteiger partial charge in [0.05, 0.1) is 64.5 Å². The number of aryl methyl sites for hydroxylation is 1. The molecule has 2 fully saturated rings. The number of likely N-dealkylation sites (N-methyl/N-ethyl adjacent to an activating group) is 1.